The van der Waals surface area contributed by atoms with Crippen LogP contribution >= 0.6 is 35.0 Å². The Balaban J connectivity index is 2.76. The summed E-state index contributed by atoms with van der Waals surface area (Å²) in [5, 5.41) is 13.4. The summed E-state index contributed by atoms with van der Waals surface area (Å²) in [4.78, 5) is 12.3. The molecule has 106 valence electrons. The van der Waals surface area contributed by atoms with Gasteiger partial charge in [-0.25, -0.2) is 0 Å². The summed E-state index contributed by atoms with van der Waals surface area (Å²) < 4.78 is 0. The van der Waals surface area contributed by atoms with E-state index in [9.17, 15) is 9.90 Å². The fraction of sp³-hybridized carbons (Fsp3) is 0.462. The second-order valence-electron chi connectivity index (χ2n) is 4.80. The van der Waals surface area contributed by atoms with Gasteiger partial charge >= 0.3 is 5.97 Å². The number of carbonyl (C=O) groups is 1. The number of rotatable bonds is 6. The molecule has 1 atom stereocenters. The first-order valence-corrected chi connectivity index (χ1v) is 7.57. The van der Waals surface area contributed by atoms with Gasteiger partial charge in [0.05, 0.1) is 10.0 Å². The van der Waals surface area contributed by atoms with E-state index in [1.165, 1.54) is 11.8 Å². The number of hydrogen-bond acceptors (Lipinski definition) is 3. The molecule has 0 aliphatic heterocycles. The Hall–Kier alpha value is -0.420. The van der Waals surface area contributed by atoms with Crippen LogP contribution in [-0.4, -0.2) is 28.4 Å². The SMILES string of the molecule is CC(C)NC(C)(CSc1ccc(Cl)c(Cl)c1)C(=O)O. The minimum atomic E-state index is -0.981. The number of carboxylic acids is 1. The second kappa shape index (κ2) is 6.84. The fourth-order valence-electron chi connectivity index (χ4n) is 1.60. The first kappa shape index (κ1) is 16.6. The summed E-state index contributed by atoms with van der Waals surface area (Å²) in [5.41, 5.74) is -0.981. The smallest absolute Gasteiger partial charge is 0.324 e. The van der Waals surface area contributed by atoms with E-state index in [1.807, 2.05) is 19.9 Å². The third-order valence-corrected chi connectivity index (χ3v) is 4.55. The quantitative estimate of drug-likeness (QED) is 0.779. The average molecular weight is 322 g/mol. The number of halogens is 2. The highest BCUT2D eigenvalue weighted by Crippen LogP contribution is 2.29. The van der Waals surface area contributed by atoms with E-state index < -0.39 is 11.5 Å². The highest BCUT2D eigenvalue weighted by molar-refractivity contribution is 7.99. The lowest BCUT2D eigenvalue weighted by atomic mass is 10.1. The Labute approximate surface area is 127 Å². The number of nitrogens with one attached hydrogen (secondary N) is 1. The first-order valence-electron chi connectivity index (χ1n) is 5.83. The largest absolute Gasteiger partial charge is 0.480 e. The highest BCUT2D eigenvalue weighted by atomic mass is 35.5. The summed E-state index contributed by atoms with van der Waals surface area (Å²) >= 11 is 13.2. The summed E-state index contributed by atoms with van der Waals surface area (Å²) in [6.07, 6.45) is 0. The minimum absolute atomic E-state index is 0.0931. The van der Waals surface area contributed by atoms with E-state index in [0.717, 1.165) is 4.90 Å². The molecule has 0 bridgehead atoms. The molecule has 0 aliphatic rings. The first-order chi connectivity index (χ1) is 8.74. The van der Waals surface area contributed by atoms with Crippen molar-refractivity contribution in [3.63, 3.8) is 0 Å². The molecule has 2 N–H and O–H groups in total. The Morgan fingerprint density at radius 2 is 2.05 bits per heavy atom. The topological polar surface area (TPSA) is 49.3 Å². The summed E-state index contributed by atoms with van der Waals surface area (Å²) in [6.45, 7) is 5.52. The average Bonchev–Trinajstić information content (AvgIpc) is 2.29. The van der Waals surface area contributed by atoms with Crippen molar-refractivity contribution < 1.29 is 9.90 Å². The molecule has 0 heterocycles. The monoisotopic (exact) mass is 321 g/mol. The van der Waals surface area contributed by atoms with Crippen molar-refractivity contribution in [3.05, 3.63) is 28.2 Å². The minimum Gasteiger partial charge on any atom is -0.480 e. The molecule has 0 fully saturated rings. The molecule has 19 heavy (non-hydrogen) atoms. The molecule has 0 spiro atoms. The summed E-state index contributed by atoms with van der Waals surface area (Å²) in [7, 11) is 0. The molecule has 1 aromatic carbocycles. The van der Waals surface area contributed by atoms with Gasteiger partial charge in [-0.15, -0.1) is 11.8 Å². The Bertz CT molecular complexity index is 468. The van der Waals surface area contributed by atoms with Crippen LogP contribution in [0.15, 0.2) is 23.1 Å². The van der Waals surface area contributed by atoms with E-state index in [0.29, 0.717) is 15.8 Å². The van der Waals surface area contributed by atoms with Crippen LogP contribution in [0.5, 0.6) is 0 Å². The zero-order valence-electron chi connectivity index (χ0n) is 11.0. The molecule has 0 aliphatic carbocycles. The van der Waals surface area contributed by atoms with Gasteiger partial charge in [0, 0.05) is 16.7 Å². The van der Waals surface area contributed by atoms with Crippen LogP contribution in [0.1, 0.15) is 20.8 Å². The van der Waals surface area contributed by atoms with Crippen LogP contribution in [0, 0.1) is 0 Å². The van der Waals surface area contributed by atoms with Crippen molar-refractivity contribution in [2.24, 2.45) is 0 Å². The molecule has 1 aromatic rings. The number of hydrogen-bond donors (Lipinski definition) is 2. The van der Waals surface area contributed by atoms with Crippen molar-refractivity contribution in [3.8, 4) is 0 Å². The van der Waals surface area contributed by atoms with E-state index in [4.69, 9.17) is 23.2 Å². The molecule has 0 saturated carbocycles. The van der Waals surface area contributed by atoms with Gasteiger partial charge in [-0.2, -0.15) is 0 Å². The Kier molecular flexibility index (Phi) is 5.99. The summed E-state index contributed by atoms with van der Waals surface area (Å²) in [6, 6.07) is 5.37. The molecule has 0 radical (unpaired) electrons. The van der Waals surface area contributed by atoms with Crippen molar-refractivity contribution in [1.29, 1.82) is 0 Å². The lowest BCUT2D eigenvalue weighted by Crippen LogP contribution is -2.54. The van der Waals surface area contributed by atoms with Crippen molar-refractivity contribution in [1.82, 2.24) is 5.32 Å². The Morgan fingerprint density at radius 1 is 1.42 bits per heavy atom. The van der Waals surface area contributed by atoms with Crippen molar-refractivity contribution in [2.45, 2.75) is 37.2 Å². The molecular weight excluding hydrogens is 305 g/mol. The maximum atomic E-state index is 11.4. The van der Waals surface area contributed by atoms with Gasteiger partial charge in [-0.05, 0) is 39.0 Å². The standard InChI is InChI=1S/C13H17Cl2NO2S/c1-8(2)16-13(3,12(17)18)7-19-9-4-5-10(14)11(15)6-9/h4-6,8,16H,7H2,1-3H3,(H,17,18). The third-order valence-electron chi connectivity index (χ3n) is 2.50. The van der Waals surface area contributed by atoms with Crippen LogP contribution in [0.4, 0.5) is 0 Å². The number of aliphatic carboxylic acids is 1. The zero-order chi connectivity index (χ0) is 14.6. The molecule has 0 saturated heterocycles. The number of benzene rings is 1. The van der Waals surface area contributed by atoms with Gasteiger partial charge in [-0.1, -0.05) is 23.2 Å². The van der Waals surface area contributed by atoms with Crippen LogP contribution < -0.4 is 5.32 Å². The molecule has 1 rings (SSSR count). The van der Waals surface area contributed by atoms with Crippen LogP contribution in [0.25, 0.3) is 0 Å². The Morgan fingerprint density at radius 3 is 2.53 bits per heavy atom. The zero-order valence-corrected chi connectivity index (χ0v) is 13.4. The van der Waals surface area contributed by atoms with E-state index in [2.05, 4.69) is 5.32 Å². The van der Waals surface area contributed by atoms with Crippen molar-refractivity contribution >= 4 is 40.9 Å². The molecule has 1 unspecified atom stereocenters. The van der Waals surface area contributed by atoms with Gasteiger partial charge in [0.2, 0.25) is 0 Å². The molecule has 3 nitrogen and oxygen atoms in total. The van der Waals surface area contributed by atoms with Gasteiger partial charge in [0.15, 0.2) is 0 Å². The second-order valence-corrected chi connectivity index (χ2v) is 6.66. The molecule has 6 heteroatoms. The lowest BCUT2D eigenvalue weighted by molar-refractivity contribution is -0.143. The molecule has 0 amide bonds. The van der Waals surface area contributed by atoms with Gasteiger partial charge in [0.25, 0.3) is 0 Å². The third kappa shape index (κ3) is 4.88. The van der Waals surface area contributed by atoms with Crippen LogP contribution in [0.2, 0.25) is 10.0 Å². The molecular formula is C13H17Cl2NO2S. The van der Waals surface area contributed by atoms with E-state index in [1.54, 1.807) is 19.1 Å². The maximum Gasteiger partial charge on any atom is 0.324 e. The summed E-state index contributed by atoms with van der Waals surface area (Å²) in [5.74, 6) is -0.466. The highest BCUT2D eigenvalue weighted by Gasteiger charge is 2.33. The van der Waals surface area contributed by atoms with Gasteiger partial charge in [-0.3, -0.25) is 10.1 Å². The van der Waals surface area contributed by atoms with Crippen molar-refractivity contribution in [2.75, 3.05) is 5.75 Å². The predicted octanol–water partition coefficient (Wildman–Crippen LogP) is 3.93. The van der Waals surface area contributed by atoms with E-state index in [-0.39, 0.29) is 6.04 Å². The number of carboxylic acid groups (broad SMARTS) is 1. The number of thioether (sulfide) groups is 1. The lowest BCUT2D eigenvalue weighted by Gasteiger charge is -2.28. The van der Waals surface area contributed by atoms with Gasteiger partial charge < -0.3 is 5.11 Å². The predicted molar refractivity (Wildman–Crippen MR) is 81.5 cm³/mol. The maximum absolute atomic E-state index is 11.4. The molecule has 0 aromatic heterocycles. The normalized spacial score (nSPS) is 14.4. The fourth-order valence-corrected chi connectivity index (χ4v) is 2.99. The van der Waals surface area contributed by atoms with Crippen LogP contribution in [-0.2, 0) is 4.79 Å². The van der Waals surface area contributed by atoms with E-state index >= 15 is 0 Å². The van der Waals surface area contributed by atoms with Gasteiger partial charge in [0.1, 0.15) is 5.54 Å². The van der Waals surface area contributed by atoms with Crippen LogP contribution in [0.3, 0.4) is 0 Å².